The number of halogens is 1. The normalized spacial score (nSPS) is 12.4. The molecule has 3 heteroatoms. The van der Waals surface area contributed by atoms with Crippen molar-refractivity contribution in [1.29, 1.82) is 0 Å². The van der Waals surface area contributed by atoms with Gasteiger partial charge in [-0.3, -0.25) is 4.98 Å². The lowest BCUT2D eigenvalue weighted by atomic mass is 10.0. The molecule has 1 N–H and O–H groups in total. The number of benzene rings is 1. The summed E-state index contributed by atoms with van der Waals surface area (Å²) in [5.74, 6) is -0.286. The minimum atomic E-state index is -0.722. The third kappa shape index (κ3) is 2.88. The predicted molar refractivity (Wildman–Crippen MR) is 64.0 cm³/mol. The average molecular weight is 231 g/mol. The molecular formula is C14H14FNO. The van der Waals surface area contributed by atoms with E-state index in [4.69, 9.17) is 0 Å². The van der Waals surface area contributed by atoms with Gasteiger partial charge in [0.1, 0.15) is 5.82 Å². The third-order valence-electron chi connectivity index (χ3n) is 2.69. The van der Waals surface area contributed by atoms with Gasteiger partial charge in [-0.25, -0.2) is 4.39 Å². The van der Waals surface area contributed by atoms with Crippen molar-refractivity contribution in [2.24, 2.45) is 0 Å². The van der Waals surface area contributed by atoms with Crippen LogP contribution in [0.2, 0.25) is 0 Å². The van der Waals surface area contributed by atoms with Gasteiger partial charge in [-0.1, -0.05) is 24.3 Å². The Labute approximate surface area is 99.8 Å². The van der Waals surface area contributed by atoms with E-state index in [-0.39, 0.29) is 12.2 Å². The highest BCUT2D eigenvalue weighted by atomic mass is 19.1. The fourth-order valence-corrected chi connectivity index (χ4v) is 1.67. The molecule has 0 spiro atoms. The van der Waals surface area contributed by atoms with Crippen molar-refractivity contribution in [2.75, 3.05) is 0 Å². The van der Waals surface area contributed by atoms with Crippen LogP contribution in [0.3, 0.4) is 0 Å². The average Bonchev–Trinajstić information content (AvgIpc) is 2.33. The third-order valence-corrected chi connectivity index (χ3v) is 2.69. The Morgan fingerprint density at radius 3 is 2.65 bits per heavy atom. The molecule has 17 heavy (non-hydrogen) atoms. The summed E-state index contributed by atoms with van der Waals surface area (Å²) in [5, 5.41) is 9.98. The molecule has 0 aliphatic heterocycles. The second-order valence-electron chi connectivity index (χ2n) is 4.04. The molecule has 0 aliphatic rings. The van der Waals surface area contributed by atoms with Crippen LogP contribution in [0.4, 0.5) is 4.39 Å². The number of aromatic nitrogens is 1. The van der Waals surface area contributed by atoms with Crippen molar-refractivity contribution >= 4 is 0 Å². The van der Waals surface area contributed by atoms with Gasteiger partial charge in [-0.15, -0.1) is 0 Å². The van der Waals surface area contributed by atoms with Gasteiger partial charge in [0.05, 0.1) is 6.10 Å². The van der Waals surface area contributed by atoms with E-state index in [9.17, 15) is 9.50 Å². The predicted octanol–water partition coefficient (Wildman–Crippen LogP) is 2.81. The molecule has 2 rings (SSSR count). The maximum Gasteiger partial charge on any atom is 0.126 e. The number of pyridine rings is 1. The van der Waals surface area contributed by atoms with Gasteiger partial charge in [-0.2, -0.15) is 0 Å². The highest BCUT2D eigenvalue weighted by Crippen LogP contribution is 2.19. The van der Waals surface area contributed by atoms with Crippen LogP contribution in [0.15, 0.2) is 42.6 Å². The molecule has 2 nitrogen and oxygen atoms in total. The van der Waals surface area contributed by atoms with E-state index < -0.39 is 6.10 Å². The first-order valence-corrected chi connectivity index (χ1v) is 5.51. The van der Waals surface area contributed by atoms with Gasteiger partial charge < -0.3 is 5.11 Å². The fraction of sp³-hybridized carbons (Fsp3) is 0.214. The maximum atomic E-state index is 13.4. The molecule has 0 saturated heterocycles. The molecule has 88 valence electrons. The van der Waals surface area contributed by atoms with Crippen molar-refractivity contribution in [3.63, 3.8) is 0 Å². The lowest BCUT2D eigenvalue weighted by molar-refractivity contribution is 0.176. The van der Waals surface area contributed by atoms with Gasteiger partial charge in [0, 0.05) is 18.3 Å². The molecule has 1 aromatic carbocycles. The summed E-state index contributed by atoms with van der Waals surface area (Å²) in [6, 6.07) is 10.1. The minimum Gasteiger partial charge on any atom is -0.388 e. The van der Waals surface area contributed by atoms with Gasteiger partial charge in [0.25, 0.3) is 0 Å². The summed E-state index contributed by atoms with van der Waals surface area (Å²) in [7, 11) is 0. The molecule has 0 fully saturated rings. The first-order valence-electron chi connectivity index (χ1n) is 5.51. The molecule has 2 aromatic rings. The highest BCUT2D eigenvalue weighted by Gasteiger charge is 2.11. The number of rotatable bonds is 3. The SMILES string of the molecule is Cc1ccc(C(O)Cc2ccccc2F)cn1. The number of aliphatic hydroxyl groups excluding tert-OH is 1. The number of nitrogens with zero attached hydrogens (tertiary/aromatic N) is 1. The van der Waals surface area contributed by atoms with Gasteiger partial charge in [-0.05, 0) is 30.2 Å². The Morgan fingerprint density at radius 2 is 2.00 bits per heavy atom. The largest absolute Gasteiger partial charge is 0.388 e. The lowest BCUT2D eigenvalue weighted by Crippen LogP contribution is -2.04. The van der Waals surface area contributed by atoms with E-state index in [2.05, 4.69) is 4.98 Å². The van der Waals surface area contributed by atoms with Crippen LogP contribution in [0.25, 0.3) is 0 Å². The lowest BCUT2D eigenvalue weighted by Gasteiger charge is -2.11. The van der Waals surface area contributed by atoms with Crippen LogP contribution in [-0.2, 0) is 6.42 Å². The van der Waals surface area contributed by atoms with Crippen molar-refractivity contribution in [1.82, 2.24) is 4.98 Å². The topological polar surface area (TPSA) is 33.1 Å². The van der Waals surface area contributed by atoms with Crippen LogP contribution in [0.5, 0.6) is 0 Å². The molecule has 1 atom stereocenters. The van der Waals surface area contributed by atoms with E-state index in [1.165, 1.54) is 6.07 Å². The first kappa shape index (κ1) is 11.7. The van der Waals surface area contributed by atoms with Crippen molar-refractivity contribution in [2.45, 2.75) is 19.4 Å². The van der Waals surface area contributed by atoms with Gasteiger partial charge in [0.2, 0.25) is 0 Å². The van der Waals surface area contributed by atoms with Crippen LogP contribution in [-0.4, -0.2) is 10.1 Å². The Hall–Kier alpha value is -1.74. The van der Waals surface area contributed by atoms with Crippen molar-refractivity contribution in [3.8, 4) is 0 Å². The van der Waals surface area contributed by atoms with Crippen LogP contribution in [0, 0.1) is 12.7 Å². The summed E-state index contributed by atoms with van der Waals surface area (Å²) in [6.45, 7) is 1.88. The van der Waals surface area contributed by atoms with Crippen molar-refractivity contribution in [3.05, 3.63) is 65.2 Å². The van der Waals surface area contributed by atoms with Crippen LogP contribution in [0.1, 0.15) is 22.9 Å². The fourth-order valence-electron chi connectivity index (χ4n) is 1.67. The summed E-state index contributed by atoms with van der Waals surface area (Å²) in [4.78, 5) is 4.11. The van der Waals surface area contributed by atoms with E-state index in [0.29, 0.717) is 11.1 Å². The Morgan fingerprint density at radius 1 is 1.24 bits per heavy atom. The number of hydrogen-bond acceptors (Lipinski definition) is 2. The first-order chi connectivity index (χ1) is 8.16. The maximum absolute atomic E-state index is 13.4. The Balaban J connectivity index is 2.14. The number of aryl methyl sites for hydroxylation is 1. The quantitative estimate of drug-likeness (QED) is 0.881. The Bertz CT molecular complexity index is 496. The van der Waals surface area contributed by atoms with Crippen LogP contribution >= 0.6 is 0 Å². The standard InChI is InChI=1S/C14H14FNO/c1-10-6-7-12(9-16-10)14(17)8-11-4-2-3-5-13(11)15/h2-7,9,14,17H,8H2,1H3. The molecule has 0 bridgehead atoms. The van der Waals surface area contributed by atoms with E-state index in [0.717, 1.165) is 5.69 Å². The second-order valence-corrected chi connectivity index (χ2v) is 4.04. The zero-order valence-electron chi connectivity index (χ0n) is 9.60. The minimum absolute atomic E-state index is 0.261. The highest BCUT2D eigenvalue weighted by molar-refractivity contribution is 5.22. The van der Waals surface area contributed by atoms with E-state index >= 15 is 0 Å². The van der Waals surface area contributed by atoms with Crippen molar-refractivity contribution < 1.29 is 9.50 Å². The molecule has 1 unspecified atom stereocenters. The van der Waals surface area contributed by atoms with E-state index in [1.807, 2.05) is 19.1 Å². The summed E-state index contributed by atoms with van der Waals surface area (Å²) < 4.78 is 13.4. The summed E-state index contributed by atoms with van der Waals surface area (Å²) in [6.07, 6.45) is 1.16. The molecule has 0 amide bonds. The number of aliphatic hydroxyl groups is 1. The molecule has 0 aliphatic carbocycles. The molecule has 1 heterocycles. The Kier molecular flexibility index (Phi) is 3.49. The summed E-state index contributed by atoms with van der Waals surface area (Å²) >= 11 is 0. The molecular weight excluding hydrogens is 217 g/mol. The monoisotopic (exact) mass is 231 g/mol. The number of hydrogen-bond donors (Lipinski definition) is 1. The zero-order valence-corrected chi connectivity index (χ0v) is 9.60. The van der Waals surface area contributed by atoms with E-state index in [1.54, 1.807) is 24.4 Å². The van der Waals surface area contributed by atoms with Crippen LogP contribution < -0.4 is 0 Å². The second kappa shape index (κ2) is 5.06. The molecule has 1 aromatic heterocycles. The summed E-state index contributed by atoms with van der Waals surface area (Å²) in [5.41, 5.74) is 2.12. The van der Waals surface area contributed by atoms with Gasteiger partial charge in [0.15, 0.2) is 0 Å². The molecule has 0 radical (unpaired) electrons. The van der Waals surface area contributed by atoms with Gasteiger partial charge >= 0.3 is 0 Å². The molecule has 0 saturated carbocycles. The smallest absolute Gasteiger partial charge is 0.126 e. The zero-order chi connectivity index (χ0) is 12.3.